The number of amides is 1. The van der Waals surface area contributed by atoms with E-state index in [1.165, 1.54) is 23.5 Å². The summed E-state index contributed by atoms with van der Waals surface area (Å²) in [6, 6.07) is 20.7. The Morgan fingerprint density at radius 3 is 2.24 bits per heavy atom. The predicted molar refractivity (Wildman–Crippen MR) is 119 cm³/mol. The van der Waals surface area contributed by atoms with Gasteiger partial charge in [0.25, 0.3) is 15.9 Å². The van der Waals surface area contributed by atoms with E-state index in [-0.39, 0.29) is 16.4 Å². The van der Waals surface area contributed by atoms with E-state index in [0.29, 0.717) is 11.4 Å². The van der Waals surface area contributed by atoms with Crippen molar-refractivity contribution in [2.24, 2.45) is 0 Å². The van der Waals surface area contributed by atoms with Gasteiger partial charge < -0.3 is 5.32 Å². The number of sulfonamides is 1. The Morgan fingerprint density at radius 1 is 0.966 bits per heavy atom. The number of rotatable bonds is 6. The molecule has 0 saturated carbocycles. The third kappa shape index (κ3) is 4.81. The van der Waals surface area contributed by atoms with E-state index in [4.69, 9.17) is 0 Å². The molecular formula is C22H22N2O3S2. The molecule has 3 aromatic rings. The van der Waals surface area contributed by atoms with Crippen LogP contribution in [-0.2, 0) is 10.0 Å². The molecule has 5 nitrogen and oxygen atoms in total. The Hall–Kier alpha value is -2.77. The Morgan fingerprint density at radius 2 is 1.62 bits per heavy atom. The molecule has 0 radical (unpaired) electrons. The van der Waals surface area contributed by atoms with Gasteiger partial charge in [0.2, 0.25) is 0 Å². The number of hydrogen-bond acceptors (Lipinski definition) is 4. The summed E-state index contributed by atoms with van der Waals surface area (Å²) in [7, 11) is -2.29. The zero-order chi connectivity index (χ0) is 21.0. The highest BCUT2D eigenvalue weighted by Gasteiger charge is 2.22. The zero-order valence-corrected chi connectivity index (χ0v) is 18.0. The van der Waals surface area contributed by atoms with Gasteiger partial charge >= 0.3 is 0 Å². The van der Waals surface area contributed by atoms with Crippen LogP contribution in [0.25, 0.3) is 0 Å². The van der Waals surface area contributed by atoms with Gasteiger partial charge in [-0.3, -0.25) is 9.10 Å². The van der Waals surface area contributed by atoms with E-state index in [1.54, 1.807) is 36.0 Å². The molecule has 0 aromatic heterocycles. The molecule has 1 amide bonds. The van der Waals surface area contributed by atoms with E-state index < -0.39 is 10.0 Å². The van der Waals surface area contributed by atoms with Crippen molar-refractivity contribution in [1.29, 1.82) is 0 Å². The van der Waals surface area contributed by atoms with Gasteiger partial charge in [-0.05, 0) is 67.8 Å². The van der Waals surface area contributed by atoms with E-state index >= 15 is 0 Å². The minimum absolute atomic E-state index is 0.0611. The van der Waals surface area contributed by atoms with Gasteiger partial charge in [-0.2, -0.15) is 0 Å². The lowest BCUT2D eigenvalue weighted by molar-refractivity contribution is 0.102. The Labute approximate surface area is 175 Å². The minimum Gasteiger partial charge on any atom is -0.322 e. The normalized spacial score (nSPS) is 11.1. The first-order valence-electron chi connectivity index (χ1n) is 8.92. The molecule has 3 rings (SSSR count). The van der Waals surface area contributed by atoms with Gasteiger partial charge in [-0.25, -0.2) is 8.42 Å². The van der Waals surface area contributed by atoms with Crippen LogP contribution in [0.15, 0.2) is 82.6 Å². The van der Waals surface area contributed by atoms with E-state index in [1.807, 2.05) is 49.6 Å². The largest absolute Gasteiger partial charge is 0.322 e. The summed E-state index contributed by atoms with van der Waals surface area (Å²) < 4.78 is 27.2. The summed E-state index contributed by atoms with van der Waals surface area (Å²) in [5.41, 5.74) is 2.53. The van der Waals surface area contributed by atoms with E-state index in [9.17, 15) is 13.2 Å². The van der Waals surface area contributed by atoms with Gasteiger partial charge in [0.05, 0.1) is 10.6 Å². The number of nitrogens with one attached hydrogen (secondary N) is 1. The lowest BCUT2D eigenvalue weighted by atomic mass is 10.2. The molecular weight excluding hydrogens is 404 g/mol. The second kappa shape index (κ2) is 8.71. The van der Waals surface area contributed by atoms with Crippen molar-refractivity contribution >= 4 is 39.1 Å². The van der Waals surface area contributed by atoms with Gasteiger partial charge in [-0.1, -0.05) is 23.8 Å². The van der Waals surface area contributed by atoms with Crippen LogP contribution in [-0.4, -0.2) is 27.6 Å². The average molecular weight is 427 g/mol. The molecule has 0 heterocycles. The first-order valence-corrected chi connectivity index (χ1v) is 11.6. The maximum absolute atomic E-state index is 13.0. The molecule has 0 spiro atoms. The number of carbonyl (C=O) groups excluding carboxylic acids is 1. The summed E-state index contributed by atoms with van der Waals surface area (Å²) in [6.45, 7) is 1.94. The van der Waals surface area contributed by atoms with Crippen LogP contribution in [0.4, 0.5) is 11.4 Å². The molecule has 0 atom stereocenters. The molecule has 0 bridgehead atoms. The smallest absolute Gasteiger partial charge is 0.264 e. The van der Waals surface area contributed by atoms with Crippen LogP contribution in [0, 0.1) is 6.92 Å². The highest BCUT2D eigenvalue weighted by atomic mass is 32.2. The third-order valence-corrected chi connectivity index (χ3v) is 7.03. The van der Waals surface area contributed by atoms with Crippen molar-refractivity contribution < 1.29 is 13.2 Å². The van der Waals surface area contributed by atoms with Gasteiger partial charge in [0, 0.05) is 23.2 Å². The van der Waals surface area contributed by atoms with Gasteiger partial charge in [-0.15, -0.1) is 11.8 Å². The Bertz CT molecular complexity index is 1110. The van der Waals surface area contributed by atoms with Crippen molar-refractivity contribution in [3.8, 4) is 0 Å². The highest BCUT2D eigenvalue weighted by Crippen LogP contribution is 2.24. The Balaban J connectivity index is 1.83. The highest BCUT2D eigenvalue weighted by molar-refractivity contribution is 7.98. The van der Waals surface area contributed by atoms with Crippen LogP contribution >= 0.6 is 11.8 Å². The molecule has 0 unspecified atom stereocenters. The predicted octanol–water partition coefficient (Wildman–Crippen LogP) is 4.79. The molecule has 0 fully saturated rings. The maximum Gasteiger partial charge on any atom is 0.264 e. The lowest BCUT2D eigenvalue weighted by Gasteiger charge is -2.20. The fourth-order valence-electron chi connectivity index (χ4n) is 2.73. The first-order chi connectivity index (χ1) is 13.8. The monoisotopic (exact) mass is 426 g/mol. The lowest BCUT2D eigenvalue weighted by Crippen LogP contribution is -2.26. The molecule has 29 heavy (non-hydrogen) atoms. The number of aryl methyl sites for hydroxylation is 1. The number of hydrogen-bond donors (Lipinski definition) is 1. The van der Waals surface area contributed by atoms with Crippen LogP contribution < -0.4 is 9.62 Å². The van der Waals surface area contributed by atoms with E-state index in [2.05, 4.69) is 5.32 Å². The molecule has 0 aliphatic heterocycles. The summed E-state index contributed by atoms with van der Waals surface area (Å²) in [4.78, 5) is 13.8. The number of thioether (sulfide) groups is 1. The molecule has 7 heteroatoms. The van der Waals surface area contributed by atoms with Crippen molar-refractivity contribution in [3.63, 3.8) is 0 Å². The minimum atomic E-state index is -3.79. The third-order valence-electron chi connectivity index (χ3n) is 4.50. The molecule has 3 aromatic carbocycles. The molecule has 0 aliphatic rings. The molecule has 0 saturated heterocycles. The molecule has 1 N–H and O–H groups in total. The van der Waals surface area contributed by atoms with Crippen LogP contribution in [0.2, 0.25) is 0 Å². The standard InChI is InChI=1S/C22H22N2O3S2/c1-16-7-11-19(12-8-16)24(2)29(26,27)21-6-4-5-17(15-21)22(25)23-18-9-13-20(28-3)14-10-18/h4-15H,1-3H3,(H,23,25). The first kappa shape index (κ1) is 21.0. The van der Waals surface area contributed by atoms with Crippen LogP contribution in [0.5, 0.6) is 0 Å². The van der Waals surface area contributed by atoms with Crippen molar-refractivity contribution in [2.75, 3.05) is 22.9 Å². The summed E-state index contributed by atoms with van der Waals surface area (Å²) >= 11 is 1.61. The van der Waals surface area contributed by atoms with Crippen molar-refractivity contribution in [3.05, 3.63) is 83.9 Å². The van der Waals surface area contributed by atoms with Crippen molar-refractivity contribution in [2.45, 2.75) is 16.7 Å². The van der Waals surface area contributed by atoms with E-state index in [0.717, 1.165) is 10.5 Å². The SMILES string of the molecule is CSc1ccc(NC(=O)c2cccc(S(=O)(=O)N(C)c3ccc(C)cc3)c2)cc1. The zero-order valence-electron chi connectivity index (χ0n) is 16.4. The fourth-order valence-corrected chi connectivity index (χ4v) is 4.38. The average Bonchev–Trinajstić information content (AvgIpc) is 2.74. The second-order valence-electron chi connectivity index (χ2n) is 6.52. The molecule has 0 aliphatic carbocycles. The number of nitrogens with zero attached hydrogens (tertiary/aromatic N) is 1. The maximum atomic E-state index is 13.0. The quantitative estimate of drug-likeness (QED) is 0.575. The van der Waals surface area contributed by atoms with Crippen LogP contribution in [0.3, 0.4) is 0 Å². The van der Waals surface area contributed by atoms with Gasteiger partial charge in [0.15, 0.2) is 0 Å². The van der Waals surface area contributed by atoms with Crippen LogP contribution in [0.1, 0.15) is 15.9 Å². The number of anilines is 2. The van der Waals surface area contributed by atoms with Crippen molar-refractivity contribution in [1.82, 2.24) is 0 Å². The molecule has 150 valence electrons. The number of carbonyl (C=O) groups is 1. The number of benzene rings is 3. The Kier molecular flexibility index (Phi) is 6.30. The topological polar surface area (TPSA) is 66.5 Å². The second-order valence-corrected chi connectivity index (χ2v) is 9.37. The summed E-state index contributed by atoms with van der Waals surface area (Å²) in [6.07, 6.45) is 1.98. The fraction of sp³-hybridized carbons (Fsp3) is 0.136. The van der Waals surface area contributed by atoms with Gasteiger partial charge in [0.1, 0.15) is 0 Å². The summed E-state index contributed by atoms with van der Waals surface area (Å²) in [5, 5.41) is 2.80. The summed E-state index contributed by atoms with van der Waals surface area (Å²) in [5.74, 6) is -0.364.